The molecule has 0 aliphatic carbocycles. The van der Waals surface area contributed by atoms with Crippen LogP contribution in [0.25, 0.3) is 0 Å². The number of para-hydroxylation sites is 1. The molecule has 2 rings (SSSR count). The van der Waals surface area contributed by atoms with Gasteiger partial charge in [0.25, 0.3) is 5.91 Å². The first-order chi connectivity index (χ1) is 8.48. The number of hydrogen-bond donors (Lipinski definition) is 2. The van der Waals surface area contributed by atoms with Crippen molar-refractivity contribution in [2.75, 3.05) is 5.32 Å². The second-order valence-corrected chi connectivity index (χ2v) is 3.58. The lowest BCUT2D eigenvalue weighted by Crippen LogP contribution is -2.16. The van der Waals surface area contributed by atoms with E-state index in [0.29, 0.717) is 0 Å². The van der Waals surface area contributed by atoms with Crippen LogP contribution in [0.15, 0.2) is 42.6 Å². The number of nitrogens with one attached hydrogen (secondary N) is 2. The van der Waals surface area contributed by atoms with Gasteiger partial charge in [0.1, 0.15) is 5.69 Å². The Morgan fingerprint density at radius 2 is 1.83 bits per heavy atom. The molecule has 94 valence electrons. The predicted molar refractivity (Wildman–Crippen MR) is 60.2 cm³/mol. The van der Waals surface area contributed by atoms with Crippen molar-refractivity contribution in [3.8, 4) is 0 Å². The van der Waals surface area contributed by atoms with E-state index in [-0.39, 0.29) is 11.4 Å². The molecule has 2 N–H and O–H groups in total. The van der Waals surface area contributed by atoms with Crippen LogP contribution in [-0.4, -0.2) is 10.9 Å². The second kappa shape index (κ2) is 4.56. The molecule has 0 bridgehead atoms. The second-order valence-electron chi connectivity index (χ2n) is 3.58. The number of H-pyrrole nitrogens is 1. The first-order valence-corrected chi connectivity index (χ1v) is 5.09. The van der Waals surface area contributed by atoms with Crippen LogP contribution in [0.2, 0.25) is 0 Å². The lowest BCUT2D eigenvalue weighted by molar-refractivity contribution is -0.136. The third kappa shape index (κ3) is 2.53. The van der Waals surface area contributed by atoms with Crippen LogP contribution in [0, 0.1) is 0 Å². The van der Waals surface area contributed by atoms with E-state index in [4.69, 9.17) is 0 Å². The molecule has 0 saturated carbocycles. The minimum absolute atomic E-state index is 0.201. The predicted octanol–water partition coefficient (Wildman–Crippen LogP) is 3.29. The molecular weight excluding hydrogens is 245 g/mol. The van der Waals surface area contributed by atoms with Crippen molar-refractivity contribution >= 4 is 11.6 Å². The summed E-state index contributed by atoms with van der Waals surface area (Å²) >= 11 is 0. The Morgan fingerprint density at radius 3 is 2.44 bits per heavy atom. The molecule has 0 spiro atoms. The number of anilines is 1. The number of hydrogen-bond acceptors (Lipinski definition) is 1. The van der Waals surface area contributed by atoms with E-state index in [1.165, 1.54) is 30.5 Å². The van der Waals surface area contributed by atoms with Crippen molar-refractivity contribution < 1.29 is 18.0 Å². The lowest BCUT2D eigenvalue weighted by Gasteiger charge is -2.12. The van der Waals surface area contributed by atoms with Gasteiger partial charge in [-0.3, -0.25) is 4.79 Å². The summed E-state index contributed by atoms with van der Waals surface area (Å²) in [5, 5.41) is 2.23. The molecule has 1 aromatic carbocycles. The monoisotopic (exact) mass is 254 g/mol. The largest absolute Gasteiger partial charge is 0.418 e. The zero-order chi connectivity index (χ0) is 13.2. The summed E-state index contributed by atoms with van der Waals surface area (Å²) in [4.78, 5) is 14.3. The highest BCUT2D eigenvalue weighted by Gasteiger charge is 2.33. The summed E-state index contributed by atoms with van der Waals surface area (Å²) in [6.45, 7) is 0. The maximum Gasteiger partial charge on any atom is 0.418 e. The Labute approximate surface area is 101 Å². The van der Waals surface area contributed by atoms with Crippen molar-refractivity contribution in [2.24, 2.45) is 0 Å². The summed E-state index contributed by atoms with van der Waals surface area (Å²) in [5.74, 6) is -0.614. The van der Waals surface area contributed by atoms with Gasteiger partial charge in [-0.1, -0.05) is 12.1 Å². The van der Waals surface area contributed by atoms with Crippen LogP contribution in [0.1, 0.15) is 16.1 Å². The minimum Gasteiger partial charge on any atom is -0.357 e. The van der Waals surface area contributed by atoms with E-state index in [2.05, 4.69) is 10.3 Å². The molecule has 0 radical (unpaired) electrons. The third-order valence-corrected chi connectivity index (χ3v) is 2.32. The molecule has 0 saturated heterocycles. The maximum atomic E-state index is 12.7. The van der Waals surface area contributed by atoms with Crippen molar-refractivity contribution in [3.63, 3.8) is 0 Å². The van der Waals surface area contributed by atoms with E-state index in [1.807, 2.05) is 0 Å². The molecule has 0 aliphatic rings. The molecule has 0 aliphatic heterocycles. The summed E-state index contributed by atoms with van der Waals surface area (Å²) in [6, 6.07) is 7.90. The number of aromatic nitrogens is 1. The number of amides is 1. The fraction of sp³-hybridized carbons (Fsp3) is 0.0833. The molecule has 3 nitrogen and oxygen atoms in total. The molecule has 18 heavy (non-hydrogen) atoms. The van der Waals surface area contributed by atoms with Crippen LogP contribution in [0.3, 0.4) is 0 Å². The van der Waals surface area contributed by atoms with Gasteiger partial charge in [0.2, 0.25) is 0 Å². The summed E-state index contributed by atoms with van der Waals surface area (Å²) in [6.07, 6.45) is -2.98. The standard InChI is InChI=1S/C12H9F3N2O/c13-12(14,15)8-4-1-2-5-9(8)17-11(18)10-6-3-7-16-10/h1-7,16H,(H,17,18). The molecule has 2 aromatic rings. The molecule has 0 fully saturated rings. The number of carbonyl (C=O) groups excluding carboxylic acids is 1. The normalized spacial score (nSPS) is 11.3. The van der Waals surface area contributed by atoms with Crippen LogP contribution in [-0.2, 0) is 6.18 Å². The number of alkyl halides is 3. The Balaban J connectivity index is 2.27. The molecule has 1 amide bonds. The van der Waals surface area contributed by atoms with E-state index < -0.39 is 17.6 Å². The van der Waals surface area contributed by atoms with Crippen molar-refractivity contribution in [1.82, 2.24) is 4.98 Å². The van der Waals surface area contributed by atoms with Gasteiger partial charge in [-0.25, -0.2) is 0 Å². The molecule has 0 atom stereocenters. The van der Waals surface area contributed by atoms with Gasteiger partial charge in [0.15, 0.2) is 0 Å². The van der Waals surface area contributed by atoms with Crippen LogP contribution < -0.4 is 5.32 Å². The molecule has 1 heterocycles. The van der Waals surface area contributed by atoms with Crippen molar-refractivity contribution in [1.29, 1.82) is 0 Å². The zero-order valence-electron chi connectivity index (χ0n) is 9.08. The first-order valence-electron chi connectivity index (χ1n) is 5.09. The van der Waals surface area contributed by atoms with Gasteiger partial charge in [0.05, 0.1) is 11.3 Å². The van der Waals surface area contributed by atoms with Crippen molar-refractivity contribution in [2.45, 2.75) is 6.18 Å². The van der Waals surface area contributed by atoms with Crippen molar-refractivity contribution in [3.05, 3.63) is 53.9 Å². The highest BCUT2D eigenvalue weighted by atomic mass is 19.4. The molecule has 0 unspecified atom stereocenters. The Kier molecular flexibility index (Phi) is 3.10. The quantitative estimate of drug-likeness (QED) is 0.848. The van der Waals surface area contributed by atoms with Crippen LogP contribution >= 0.6 is 0 Å². The maximum absolute atomic E-state index is 12.7. The fourth-order valence-electron chi connectivity index (χ4n) is 1.50. The number of benzene rings is 1. The Bertz CT molecular complexity index is 547. The van der Waals surface area contributed by atoms with E-state index in [1.54, 1.807) is 6.07 Å². The van der Waals surface area contributed by atoms with Crippen LogP contribution in [0.5, 0.6) is 0 Å². The summed E-state index contributed by atoms with van der Waals surface area (Å²) in [5.41, 5.74) is -0.929. The minimum atomic E-state index is -4.50. The van der Waals surface area contributed by atoms with Crippen LogP contribution in [0.4, 0.5) is 18.9 Å². The van der Waals surface area contributed by atoms with Gasteiger partial charge in [0, 0.05) is 6.20 Å². The first kappa shape index (κ1) is 12.2. The number of rotatable bonds is 2. The third-order valence-electron chi connectivity index (χ3n) is 2.32. The zero-order valence-corrected chi connectivity index (χ0v) is 9.08. The lowest BCUT2D eigenvalue weighted by atomic mass is 10.1. The fourth-order valence-corrected chi connectivity index (χ4v) is 1.50. The Morgan fingerprint density at radius 1 is 1.11 bits per heavy atom. The summed E-state index contributed by atoms with van der Waals surface area (Å²) in [7, 11) is 0. The Hall–Kier alpha value is -2.24. The average molecular weight is 254 g/mol. The number of carbonyl (C=O) groups is 1. The molecule has 6 heteroatoms. The van der Waals surface area contributed by atoms with E-state index in [0.717, 1.165) is 6.07 Å². The summed E-state index contributed by atoms with van der Waals surface area (Å²) < 4.78 is 38.0. The average Bonchev–Trinajstić information content (AvgIpc) is 2.81. The molecular formula is C12H9F3N2O. The molecule has 1 aromatic heterocycles. The number of aromatic amines is 1. The van der Waals surface area contributed by atoms with E-state index >= 15 is 0 Å². The van der Waals surface area contributed by atoms with Gasteiger partial charge < -0.3 is 10.3 Å². The van der Waals surface area contributed by atoms with Gasteiger partial charge >= 0.3 is 6.18 Å². The highest BCUT2D eigenvalue weighted by Crippen LogP contribution is 2.34. The van der Waals surface area contributed by atoms with E-state index in [9.17, 15) is 18.0 Å². The van der Waals surface area contributed by atoms with Gasteiger partial charge in [-0.2, -0.15) is 13.2 Å². The topological polar surface area (TPSA) is 44.9 Å². The SMILES string of the molecule is O=C(Nc1ccccc1C(F)(F)F)c1ccc[nH]1. The highest BCUT2D eigenvalue weighted by molar-refractivity contribution is 6.03. The smallest absolute Gasteiger partial charge is 0.357 e. The number of halogens is 3. The van der Waals surface area contributed by atoms with Gasteiger partial charge in [-0.15, -0.1) is 0 Å². The van der Waals surface area contributed by atoms with Gasteiger partial charge in [-0.05, 0) is 24.3 Å².